The molecule has 0 heterocycles. The largest absolute Gasteiger partial charge is 0.294 e. The second-order valence-corrected chi connectivity index (χ2v) is 4.82. The third kappa shape index (κ3) is 6.60. The van der Waals surface area contributed by atoms with Gasteiger partial charge in [0.2, 0.25) is 0 Å². The van der Waals surface area contributed by atoms with Gasteiger partial charge in [0.05, 0.1) is 4.90 Å². The van der Waals surface area contributed by atoms with Gasteiger partial charge in [0.25, 0.3) is 10.1 Å². The summed E-state index contributed by atoms with van der Waals surface area (Å²) in [6.45, 7) is 0. The molecule has 0 radical (unpaired) electrons. The van der Waals surface area contributed by atoms with E-state index in [0.717, 1.165) is 0 Å². The van der Waals surface area contributed by atoms with Crippen molar-refractivity contribution < 1.29 is 13.0 Å². The van der Waals surface area contributed by atoms with E-state index in [1.54, 1.807) is 0 Å². The first-order valence-corrected chi connectivity index (χ1v) is 7.02. The first kappa shape index (κ1) is 16.5. The highest BCUT2D eigenvalue weighted by Gasteiger charge is 2.07. The molecule has 1 N–H and O–H groups in total. The molecule has 0 aliphatic carbocycles. The quantitative estimate of drug-likeness (QED) is 0.620. The van der Waals surface area contributed by atoms with Crippen molar-refractivity contribution in [3.05, 3.63) is 29.8 Å². The van der Waals surface area contributed by atoms with Crippen LogP contribution < -0.4 is 0 Å². The van der Waals surface area contributed by atoms with Crippen LogP contribution in [0.3, 0.4) is 0 Å². The molecular formula is C18H6O3S. The molecule has 0 spiro atoms. The minimum absolute atomic E-state index is 0.193. The fraction of sp³-hybridized carbons (Fsp3) is 0. The normalized spacial score (nSPS) is 7.64. The lowest BCUT2D eigenvalue weighted by Crippen LogP contribution is -1.97. The van der Waals surface area contributed by atoms with Crippen LogP contribution in [0.25, 0.3) is 0 Å². The van der Waals surface area contributed by atoms with Crippen LogP contribution in [-0.2, 0) is 10.1 Å². The van der Waals surface area contributed by atoms with Gasteiger partial charge in [-0.25, -0.2) is 0 Å². The van der Waals surface area contributed by atoms with Gasteiger partial charge < -0.3 is 0 Å². The van der Waals surface area contributed by atoms with E-state index < -0.39 is 10.1 Å². The topological polar surface area (TPSA) is 54.4 Å². The van der Waals surface area contributed by atoms with Crippen LogP contribution in [0.2, 0.25) is 0 Å². The number of benzene rings is 1. The molecule has 0 bridgehead atoms. The van der Waals surface area contributed by atoms with Crippen LogP contribution in [0.4, 0.5) is 0 Å². The van der Waals surface area contributed by atoms with Gasteiger partial charge >= 0.3 is 0 Å². The lowest BCUT2D eigenvalue weighted by atomic mass is 10.2. The zero-order valence-corrected chi connectivity index (χ0v) is 11.9. The molecule has 102 valence electrons. The van der Waals surface area contributed by atoms with Crippen molar-refractivity contribution in [3.63, 3.8) is 0 Å². The summed E-state index contributed by atoms with van der Waals surface area (Å²) in [7, 11) is -4.19. The molecule has 0 aromatic heterocycles. The van der Waals surface area contributed by atoms with Gasteiger partial charge in [0, 0.05) is 5.56 Å². The van der Waals surface area contributed by atoms with E-state index in [4.69, 9.17) is 11.0 Å². The Hall–Kier alpha value is -3.51. The molecule has 0 unspecified atom stereocenters. The highest BCUT2D eigenvalue weighted by Crippen LogP contribution is 2.08. The third-order valence-electron chi connectivity index (χ3n) is 1.93. The molecule has 0 aliphatic heterocycles. The lowest BCUT2D eigenvalue weighted by Gasteiger charge is -1.95. The summed E-state index contributed by atoms with van der Waals surface area (Å²) in [6.07, 6.45) is 4.89. The summed E-state index contributed by atoms with van der Waals surface area (Å²) < 4.78 is 30.5. The van der Waals surface area contributed by atoms with Crippen molar-refractivity contribution in [1.29, 1.82) is 0 Å². The Morgan fingerprint density at radius 3 is 1.68 bits per heavy atom. The molecule has 22 heavy (non-hydrogen) atoms. The zero-order chi connectivity index (χ0) is 16.3. The zero-order valence-electron chi connectivity index (χ0n) is 11.1. The van der Waals surface area contributed by atoms with Crippen molar-refractivity contribution in [2.24, 2.45) is 0 Å². The Balaban J connectivity index is 2.70. The van der Waals surface area contributed by atoms with E-state index in [1.807, 2.05) is 0 Å². The standard InChI is InChI=1S/C18H6O3S/c1-2-3-4-5-6-7-8-9-10-11-12-17-13-15-18(16-14-17)22(19,20)21/h1,13-16H,(H,19,20,21). The Kier molecular flexibility index (Phi) is 6.48. The molecule has 1 aromatic rings. The van der Waals surface area contributed by atoms with Gasteiger partial charge in [-0.3, -0.25) is 4.55 Å². The van der Waals surface area contributed by atoms with Crippen molar-refractivity contribution in [2.45, 2.75) is 4.90 Å². The van der Waals surface area contributed by atoms with Crippen LogP contribution in [0.5, 0.6) is 0 Å². The summed E-state index contributed by atoms with van der Waals surface area (Å²) in [5.41, 5.74) is 0.555. The fourth-order valence-corrected chi connectivity index (χ4v) is 1.55. The summed E-state index contributed by atoms with van der Waals surface area (Å²) >= 11 is 0. The van der Waals surface area contributed by atoms with Gasteiger partial charge in [-0.05, 0) is 83.5 Å². The molecule has 0 saturated heterocycles. The average molecular weight is 302 g/mol. The Morgan fingerprint density at radius 2 is 1.23 bits per heavy atom. The van der Waals surface area contributed by atoms with Gasteiger partial charge in [-0.1, -0.05) is 5.92 Å². The highest BCUT2D eigenvalue weighted by molar-refractivity contribution is 7.85. The summed E-state index contributed by atoms with van der Waals surface area (Å²) in [5, 5.41) is 0. The lowest BCUT2D eigenvalue weighted by molar-refractivity contribution is 0.483. The number of hydrogen-bond acceptors (Lipinski definition) is 2. The predicted octanol–water partition coefficient (Wildman–Crippen LogP) is 0.932. The summed E-state index contributed by atoms with van der Waals surface area (Å²) in [5.74, 6) is 26.8. The Labute approximate surface area is 129 Å². The number of hydrogen-bond donors (Lipinski definition) is 1. The fourth-order valence-electron chi connectivity index (χ4n) is 1.07. The van der Waals surface area contributed by atoms with Crippen molar-refractivity contribution in [2.75, 3.05) is 0 Å². The molecule has 3 nitrogen and oxygen atoms in total. The van der Waals surface area contributed by atoms with E-state index in [-0.39, 0.29) is 4.90 Å². The van der Waals surface area contributed by atoms with Gasteiger partial charge in [0.1, 0.15) is 0 Å². The van der Waals surface area contributed by atoms with Crippen LogP contribution in [0.1, 0.15) is 5.56 Å². The first-order chi connectivity index (χ1) is 10.5. The molecule has 0 saturated carbocycles. The van der Waals surface area contributed by atoms with E-state index in [1.165, 1.54) is 24.3 Å². The highest BCUT2D eigenvalue weighted by atomic mass is 32.2. The van der Waals surface area contributed by atoms with Crippen LogP contribution in [0, 0.1) is 71.5 Å². The second-order valence-electron chi connectivity index (χ2n) is 3.39. The van der Waals surface area contributed by atoms with Crippen LogP contribution in [-0.4, -0.2) is 13.0 Å². The molecule has 0 amide bonds. The number of rotatable bonds is 1. The van der Waals surface area contributed by atoms with E-state index in [0.29, 0.717) is 5.56 Å². The van der Waals surface area contributed by atoms with E-state index in [9.17, 15) is 8.42 Å². The maximum Gasteiger partial charge on any atom is 0.294 e. The molecule has 1 aromatic carbocycles. The number of terminal acetylenes is 1. The minimum Gasteiger partial charge on any atom is -0.282 e. The Bertz CT molecular complexity index is 1010. The molecule has 0 atom stereocenters. The molecule has 0 fully saturated rings. The Morgan fingerprint density at radius 1 is 0.773 bits per heavy atom. The average Bonchev–Trinajstić information content (AvgIpc) is 2.49. The predicted molar refractivity (Wildman–Crippen MR) is 83.1 cm³/mol. The maximum absolute atomic E-state index is 10.8. The first-order valence-electron chi connectivity index (χ1n) is 5.58. The molecule has 4 heteroatoms. The minimum atomic E-state index is -4.19. The SMILES string of the molecule is C#CC#CC#CC#CC#CC#Cc1ccc(S(=O)(=O)O)cc1. The van der Waals surface area contributed by atoms with Crippen LogP contribution in [0.15, 0.2) is 29.2 Å². The molecule has 1 rings (SSSR count). The van der Waals surface area contributed by atoms with Crippen molar-refractivity contribution in [3.8, 4) is 71.5 Å². The smallest absolute Gasteiger partial charge is 0.282 e. The van der Waals surface area contributed by atoms with Gasteiger partial charge in [-0.15, -0.1) is 6.42 Å². The summed E-state index contributed by atoms with van der Waals surface area (Å²) in [4.78, 5) is -0.193. The van der Waals surface area contributed by atoms with Gasteiger partial charge in [-0.2, -0.15) is 8.42 Å². The molecule has 0 aliphatic rings. The van der Waals surface area contributed by atoms with E-state index >= 15 is 0 Å². The summed E-state index contributed by atoms with van der Waals surface area (Å²) in [6, 6.07) is 5.41. The second kappa shape index (κ2) is 8.62. The van der Waals surface area contributed by atoms with Crippen molar-refractivity contribution >= 4 is 10.1 Å². The third-order valence-corrected chi connectivity index (χ3v) is 2.80. The van der Waals surface area contributed by atoms with E-state index in [2.05, 4.69) is 65.1 Å². The van der Waals surface area contributed by atoms with Crippen molar-refractivity contribution in [1.82, 2.24) is 0 Å². The monoisotopic (exact) mass is 302 g/mol. The van der Waals surface area contributed by atoms with Gasteiger partial charge in [0.15, 0.2) is 0 Å². The molecular weight excluding hydrogens is 296 g/mol. The maximum atomic E-state index is 10.8. The van der Waals surface area contributed by atoms with Crippen LogP contribution >= 0.6 is 0 Å².